The van der Waals surface area contributed by atoms with Crippen molar-refractivity contribution in [3.63, 3.8) is 0 Å². The fourth-order valence-electron chi connectivity index (χ4n) is 0.426. The van der Waals surface area contributed by atoms with E-state index < -0.39 is 17.9 Å². The van der Waals surface area contributed by atoms with Gasteiger partial charge in [-0.1, -0.05) is 0 Å². The molecule has 0 N–H and O–H groups in total. The summed E-state index contributed by atoms with van der Waals surface area (Å²) in [5.41, 5.74) is 0. The molecule has 13 heteroatoms. The minimum absolute atomic E-state index is 0. The van der Waals surface area contributed by atoms with Crippen molar-refractivity contribution in [3.05, 3.63) is 0 Å². The Labute approximate surface area is 144 Å². The number of ether oxygens (including phenoxy) is 3. The molecule has 2 radical (unpaired) electrons. The first-order valence-corrected chi connectivity index (χ1v) is 4.88. The maximum absolute atomic E-state index is 9.75. The Bertz CT molecular complexity index is 229. The molecule has 0 rings (SSSR count). The molecule has 0 heterocycles. The minimum Gasteiger partial charge on any atom is -0.662 e. The molecule has 0 aromatic carbocycles. The molecule has 128 valence electrons. The predicted molar refractivity (Wildman–Crippen MR) is 59.7 cm³/mol. The number of methoxy groups -OCH3 is 3. The van der Waals surface area contributed by atoms with Crippen molar-refractivity contribution in [2.45, 2.75) is 0 Å². The third-order valence-corrected chi connectivity index (χ3v) is 1.07. The maximum Gasteiger partial charge on any atom is 3.00 e. The van der Waals surface area contributed by atoms with E-state index in [0.717, 1.165) is 0 Å². The van der Waals surface area contributed by atoms with Gasteiger partial charge < -0.3 is 44.6 Å². The van der Waals surface area contributed by atoms with Gasteiger partial charge in [-0.15, -0.1) is 0 Å². The van der Waals surface area contributed by atoms with Crippen LogP contribution in [0.1, 0.15) is 0 Å². The Morgan fingerprint density at radius 1 is 0.636 bits per heavy atom. The third kappa shape index (κ3) is 31.4. The first-order valence-electron chi connectivity index (χ1n) is 4.88. The third-order valence-electron chi connectivity index (χ3n) is 1.07. The molecule has 0 aromatic rings. The zero-order valence-corrected chi connectivity index (χ0v) is 15.4. The Hall–Kier alpha value is -0.947. The summed E-state index contributed by atoms with van der Waals surface area (Å²) in [4.78, 5) is 38.2. The molecule has 0 saturated carbocycles. The summed E-state index contributed by atoms with van der Waals surface area (Å²) >= 11 is 0. The number of hydrogen-bond donors (Lipinski definition) is 0. The molecule has 0 aliphatic rings. The van der Waals surface area contributed by atoms with E-state index in [1.54, 1.807) is 0 Å². The van der Waals surface area contributed by atoms with Crippen LogP contribution >= 0.6 is 0 Å². The zero-order chi connectivity index (χ0) is 17.1. The number of hydrogen-bond acceptors (Lipinski definition) is 12. The van der Waals surface area contributed by atoms with Crippen LogP contribution in [0, 0.1) is 0 Å². The van der Waals surface area contributed by atoms with Crippen LogP contribution < -0.4 is 15.8 Å². The van der Waals surface area contributed by atoms with Crippen LogP contribution in [0.15, 0.2) is 0 Å². The topological polar surface area (TPSA) is 176 Å². The van der Waals surface area contributed by atoms with Crippen molar-refractivity contribution in [3.8, 4) is 0 Å². The Balaban J connectivity index is -0.000000108. The molecule has 0 spiro atoms. The first-order chi connectivity index (χ1) is 9.92. The smallest absolute Gasteiger partial charge is 0.662 e. The molecule has 0 aliphatic heterocycles. The van der Waals surface area contributed by atoms with Crippen molar-refractivity contribution in [1.29, 1.82) is 0 Å². The van der Waals surface area contributed by atoms with E-state index in [2.05, 4.69) is 28.9 Å². The van der Waals surface area contributed by atoms with E-state index in [1.165, 1.54) is 21.3 Å². The molecule has 0 aliphatic carbocycles. The number of carbonyl (C=O) groups is 3. The van der Waals surface area contributed by atoms with Gasteiger partial charge in [0.15, 0.2) is 0 Å². The van der Waals surface area contributed by atoms with Crippen LogP contribution in [-0.2, 0) is 43.3 Å². The van der Waals surface area contributed by atoms with Gasteiger partial charge in [-0.25, -0.2) is 14.4 Å². The minimum atomic E-state index is -0.900. The van der Waals surface area contributed by atoms with E-state index >= 15 is 0 Å². The molecule has 0 amide bonds. The average Bonchev–Trinajstić information content (AvgIpc) is 2.49. The van der Waals surface area contributed by atoms with Crippen LogP contribution in [-0.4, -0.2) is 85.3 Å². The molecule has 0 unspecified atom stereocenters. The van der Waals surface area contributed by atoms with E-state index in [4.69, 9.17) is 15.8 Å². The van der Waals surface area contributed by atoms with Gasteiger partial charge in [0.05, 0.1) is 0 Å². The van der Waals surface area contributed by atoms with Crippen molar-refractivity contribution >= 4 is 44.1 Å². The van der Waals surface area contributed by atoms with Gasteiger partial charge in [0, 0.05) is 21.3 Å². The fourth-order valence-corrected chi connectivity index (χ4v) is 0.426. The van der Waals surface area contributed by atoms with Gasteiger partial charge in [-0.3, -0.25) is 0 Å². The number of carbonyl (C=O) groups excluding carboxylic acids is 3. The van der Waals surface area contributed by atoms with E-state index in [1.807, 2.05) is 0 Å². The summed E-state index contributed by atoms with van der Waals surface area (Å²) in [6.45, 7) is -0.823. The summed E-state index contributed by atoms with van der Waals surface area (Å²) in [7, 11) is 3.91. The summed E-state index contributed by atoms with van der Waals surface area (Å²) in [5, 5.41) is 27.3. The zero-order valence-electron chi connectivity index (χ0n) is 12.0. The Morgan fingerprint density at radius 3 is 0.864 bits per heavy atom. The van der Waals surface area contributed by atoms with Crippen LogP contribution in [0.2, 0.25) is 0 Å². The van der Waals surface area contributed by atoms with Gasteiger partial charge in [-0.05, 0) is 0 Å². The van der Waals surface area contributed by atoms with E-state index in [0.29, 0.717) is 0 Å². The molecular formula is C9H15BiO12. The molecule has 0 aromatic heterocycles. The van der Waals surface area contributed by atoms with E-state index in [-0.39, 0.29) is 46.0 Å². The second kappa shape index (κ2) is 25.0. The summed E-state index contributed by atoms with van der Waals surface area (Å²) in [6.07, 6.45) is 0. The fraction of sp³-hybridized carbons (Fsp3) is 0.667. The van der Waals surface area contributed by atoms with E-state index in [9.17, 15) is 14.4 Å². The van der Waals surface area contributed by atoms with Gasteiger partial charge in [0.25, 0.3) is 0 Å². The quantitative estimate of drug-likeness (QED) is 0.184. The summed E-state index contributed by atoms with van der Waals surface area (Å²) < 4.78 is 12.7. The van der Waals surface area contributed by atoms with Crippen LogP contribution in [0.4, 0.5) is 0 Å². The van der Waals surface area contributed by atoms with Crippen molar-refractivity contribution in [2.24, 2.45) is 0 Å². The van der Waals surface area contributed by atoms with Gasteiger partial charge in [0.2, 0.25) is 0 Å². The average molecular weight is 524 g/mol. The van der Waals surface area contributed by atoms with Crippen molar-refractivity contribution in [1.82, 2.24) is 0 Å². The molecule has 0 bridgehead atoms. The monoisotopic (exact) mass is 524 g/mol. The summed E-state index contributed by atoms with van der Waals surface area (Å²) in [5.74, 6) is -2.70. The van der Waals surface area contributed by atoms with Gasteiger partial charge in [-0.2, -0.15) is 0 Å². The second-order valence-corrected chi connectivity index (χ2v) is 2.67. The molecular weight excluding hydrogens is 509 g/mol. The molecule has 0 atom stereocenters. The number of rotatable bonds is 6. The normalized spacial score (nSPS) is 7.91. The standard InChI is InChI=1S/3C3H6O4.Bi/c3*1-6-2-3(4)7-5;/h3*5H,2H2,1H3;/q;;;+3/p-3. The molecule has 0 saturated heterocycles. The SMILES string of the molecule is COCC(=O)O[O-].COCC(=O)O[O-].COCC(=O)O[O-].[Bi+3]. The van der Waals surface area contributed by atoms with Crippen LogP contribution in [0.3, 0.4) is 0 Å². The largest absolute Gasteiger partial charge is 3.00 e. The van der Waals surface area contributed by atoms with Crippen molar-refractivity contribution in [2.75, 3.05) is 41.2 Å². The van der Waals surface area contributed by atoms with Crippen LogP contribution in [0.5, 0.6) is 0 Å². The Morgan fingerprint density at radius 2 is 0.818 bits per heavy atom. The molecule has 0 fully saturated rings. The first kappa shape index (κ1) is 29.1. The predicted octanol–water partition coefficient (Wildman–Crippen LogP) is -5.03. The van der Waals surface area contributed by atoms with Crippen molar-refractivity contribution < 1.29 is 59.0 Å². The maximum atomic E-state index is 9.75. The Kier molecular flexibility index (Phi) is 33.1. The second-order valence-electron chi connectivity index (χ2n) is 2.67. The van der Waals surface area contributed by atoms with Crippen LogP contribution in [0.25, 0.3) is 0 Å². The van der Waals surface area contributed by atoms with Gasteiger partial charge in [0.1, 0.15) is 19.8 Å². The summed E-state index contributed by atoms with van der Waals surface area (Å²) in [6, 6.07) is 0. The van der Waals surface area contributed by atoms with Gasteiger partial charge >= 0.3 is 44.1 Å². The molecule has 22 heavy (non-hydrogen) atoms. The molecule has 12 nitrogen and oxygen atoms in total.